The molecule has 0 N–H and O–H groups in total. The van der Waals surface area contributed by atoms with Gasteiger partial charge in [-0.25, -0.2) is 9.79 Å². The molecular formula is C32H25IN2O5S. The number of ether oxygens (including phenoxy) is 3. The second kappa shape index (κ2) is 12.6. The second-order valence-electron chi connectivity index (χ2n) is 8.87. The molecule has 0 amide bonds. The van der Waals surface area contributed by atoms with Crippen molar-refractivity contribution < 1.29 is 19.0 Å². The Labute approximate surface area is 254 Å². The van der Waals surface area contributed by atoms with Gasteiger partial charge < -0.3 is 14.2 Å². The summed E-state index contributed by atoms with van der Waals surface area (Å²) in [5, 5.41) is 0. The number of terminal acetylenes is 1. The maximum absolute atomic E-state index is 14.0. The number of fused-ring (bicyclic) bond motifs is 1. The maximum Gasteiger partial charge on any atom is 0.338 e. The number of carbonyl (C=O) groups excluding carboxylic acids is 1. The summed E-state index contributed by atoms with van der Waals surface area (Å²) in [7, 11) is 1.55. The molecule has 0 aliphatic carbocycles. The fraction of sp³-hybridized carbons (Fsp3) is 0.156. The zero-order valence-electron chi connectivity index (χ0n) is 22.3. The van der Waals surface area contributed by atoms with Gasteiger partial charge >= 0.3 is 5.97 Å². The van der Waals surface area contributed by atoms with Gasteiger partial charge in [-0.15, -0.1) is 6.42 Å². The Kier molecular flexibility index (Phi) is 8.71. The Morgan fingerprint density at radius 3 is 2.51 bits per heavy atom. The van der Waals surface area contributed by atoms with Crippen LogP contribution in [0.15, 0.2) is 88.2 Å². The Balaban J connectivity index is 1.76. The number of nitrogens with zero attached hydrogens (tertiary/aromatic N) is 2. The number of methoxy groups -OCH3 is 1. The summed E-state index contributed by atoms with van der Waals surface area (Å²) in [5.74, 6) is 2.99. The molecule has 0 radical (unpaired) electrons. The van der Waals surface area contributed by atoms with Crippen LogP contribution < -0.4 is 24.4 Å². The van der Waals surface area contributed by atoms with Crippen LogP contribution in [0, 0.1) is 15.9 Å². The average molecular weight is 677 g/mol. The molecule has 4 aromatic rings. The molecular weight excluding hydrogens is 651 g/mol. The first-order valence-corrected chi connectivity index (χ1v) is 14.6. The van der Waals surface area contributed by atoms with Gasteiger partial charge in [0.1, 0.15) is 6.61 Å². The van der Waals surface area contributed by atoms with Crippen LogP contribution in [0.25, 0.3) is 11.8 Å². The molecule has 0 saturated heterocycles. The first-order chi connectivity index (χ1) is 20.0. The molecule has 5 rings (SSSR count). The minimum Gasteiger partial charge on any atom is -0.493 e. The Morgan fingerprint density at radius 1 is 1.15 bits per heavy atom. The fourth-order valence-corrected chi connectivity index (χ4v) is 6.40. The molecule has 206 valence electrons. The van der Waals surface area contributed by atoms with E-state index in [-0.39, 0.29) is 18.8 Å². The standard InChI is InChI=1S/C32H25IN2O5S/c1-4-16-40-29-23(33)17-20(18-24(29)38-3)19-25-30(36)35-28(22-14-10-7-11-15-22)26(31(37)39-5-2)27(34-32(35)41-25)21-12-8-6-9-13-21/h1,6-15,17-19,28H,5,16H2,2-3H3/b25-19+. The van der Waals surface area contributed by atoms with Gasteiger partial charge in [0.2, 0.25) is 0 Å². The van der Waals surface area contributed by atoms with Gasteiger partial charge in [0, 0.05) is 5.56 Å². The molecule has 7 nitrogen and oxygen atoms in total. The zero-order chi connectivity index (χ0) is 28.9. The van der Waals surface area contributed by atoms with E-state index in [4.69, 9.17) is 25.6 Å². The fourth-order valence-electron chi connectivity index (χ4n) is 4.62. The molecule has 0 spiro atoms. The molecule has 2 heterocycles. The predicted octanol–water partition coefficient (Wildman–Crippen LogP) is 4.56. The van der Waals surface area contributed by atoms with Crippen molar-refractivity contribution in [2.45, 2.75) is 13.0 Å². The highest BCUT2D eigenvalue weighted by Gasteiger charge is 2.35. The Morgan fingerprint density at radius 2 is 1.85 bits per heavy atom. The summed E-state index contributed by atoms with van der Waals surface area (Å²) in [6.45, 7) is 2.06. The lowest BCUT2D eigenvalue weighted by Gasteiger charge is -2.25. The molecule has 1 atom stereocenters. The normalized spacial score (nSPS) is 14.6. The number of halogens is 1. The summed E-state index contributed by atoms with van der Waals surface area (Å²) in [4.78, 5) is 32.9. The molecule has 1 unspecified atom stereocenters. The number of carbonyl (C=O) groups is 1. The molecule has 1 aliphatic heterocycles. The van der Waals surface area contributed by atoms with E-state index in [1.807, 2.05) is 66.7 Å². The third-order valence-electron chi connectivity index (χ3n) is 6.34. The third kappa shape index (κ3) is 5.71. The molecule has 0 bridgehead atoms. The molecule has 1 aliphatic rings. The van der Waals surface area contributed by atoms with Crippen molar-refractivity contribution in [1.82, 2.24) is 4.57 Å². The van der Waals surface area contributed by atoms with Crippen molar-refractivity contribution in [3.63, 3.8) is 0 Å². The summed E-state index contributed by atoms with van der Waals surface area (Å²) in [6.07, 6.45) is 7.15. The van der Waals surface area contributed by atoms with E-state index in [0.29, 0.717) is 32.1 Å². The van der Waals surface area contributed by atoms with E-state index in [0.717, 1.165) is 20.3 Å². The minimum atomic E-state index is -0.724. The van der Waals surface area contributed by atoms with E-state index in [1.165, 1.54) is 11.3 Å². The summed E-state index contributed by atoms with van der Waals surface area (Å²) in [6, 6.07) is 21.9. The first-order valence-electron chi connectivity index (χ1n) is 12.7. The summed E-state index contributed by atoms with van der Waals surface area (Å²) >= 11 is 3.41. The van der Waals surface area contributed by atoms with E-state index in [1.54, 1.807) is 30.7 Å². The number of hydrogen-bond donors (Lipinski definition) is 0. The van der Waals surface area contributed by atoms with E-state index < -0.39 is 12.0 Å². The van der Waals surface area contributed by atoms with Gasteiger partial charge in [-0.05, 0) is 58.9 Å². The Hall–Kier alpha value is -4.14. The van der Waals surface area contributed by atoms with Gasteiger partial charge in [0.25, 0.3) is 5.56 Å². The lowest BCUT2D eigenvalue weighted by atomic mass is 9.93. The van der Waals surface area contributed by atoms with Gasteiger partial charge in [-0.3, -0.25) is 9.36 Å². The topological polar surface area (TPSA) is 79.1 Å². The Bertz CT molecular complexity index is 1850. The van der Waals surface area contributed by atoms with Gasteiger partial charge in [-0.2, -0.15) is 0 Å². The molecule has 41 heavy (non-hydrogen) atoms. The van der Waals surface area contributed by atoms with Crippen molar-refractivity contribution >= 4 is 51.7 Å². The van der Waals surface area contributed by atoms with E-state index in [2.05, 4.69) is 28.5 Å². The highest BCUT2D eigenvalue weighted by Crippen LogP contribution is 2.36. The van der Waals surface area contributed by atoms with Crippen LogP contribution >= 0.6 is 33.9 Å². The molecule has 9 heteroatoms. The van der Waals surface area contributed by atoms with Gasteiger partial charge in [0.15, 0.2) is 16.3 Å². The second-order valence-corrected chi connectivity index (χ2v) is 11.0. The van der Waals surface area contributed by atoms with Crippen molar-refractivity contribution in [3.8, 4) is 23.8 Å². The van der Waals surface area contributed by atoms with Crippen molar-refractivity contribution in [1.29, 1.82) is 0 Å². The van der Waals surface area contributed by atoms with Crippen LogP contribution in [-0.2, 0) is 9.53 Å². The quantitative estimate of drug-likeness (QED) is 0.156. The third-order valence-corrected chi connectivity index (χ3v) is 8.12. The highest BCUT2D eigenvalue weighted by molar-refractivity contribution is 14.1. The smallest absolute Gasteiger partial charge is 0.338 e. The number of aromatic nitrogens is 1. The summed E-state index contributed by atoms with van der Waals surface area (Å²) in [5.41, 5.74) is 2.81. The lowest BCUT2D eigenvalue weighted by molar-refractivity contribution is -0.138. The van der Waals surface area contributed by atoms with Crippen molar-refractivity contribution in [2.75, 3.05) is 20.3 Å². The minimum absolute atomic E-state index is 0.107. The van der Waals surface area contributed by atoms with E-state index in [9.17, 15) is 9.59 Å². The van der Waals surface area contributed by atoms with Crippen molar-refractivity contribution in [2.24, 2.45) is 4.99 Å². The van der Waals surface area contributed by atoms with Crippen LogP contribution in [0.3, 0.4) is 0 Å². The monoisotopic (exact) mass is 676 g/mol. The molecule has 0 saturated carbocycles. The lowest BCUT2D eigenvalue weighted by Crippen LogP contribution is -2.40. The molecule has 1 aromatic heterocycles. The SMILES string of the molecule is C#CCOc1c(I)cc(/C=c2/sc3n(c2=O)C(c2ccccc2)C(C(=O)OCC)=C(c2ccccc2)N=3)cc1OC. The average Bonchev–Trinajstić information content (AvgIpc) is 3.30. The molecule has 3 aromatic carbocycles. The van der Waals surface area contributed by atoms with Crippen molar-refractivity contribution in [3.05, 3.63) is 118 Å². The van der Waals surface area contributed by atoms with Crippen LogP contribution in [0.5, 0.6) is 11.5 Å². The first kappa shape index (κ1) is 28.4. The van der Waals surface area contributed by atoms with E-state index >= 15 is 0 Å². The number of thiazole rings is 1. The highest BCUT2D eigenvalue weighted by atomic mass is 127. The van der Waals surface area contributed by atoms with Crippen LogP contribution in [0.1, 0.15) is 29.7 Å². The van der Waals surface area contributed by atoms with Gasteiger partial charge in [-0.1, -0.05) is 77.9 Å². The number of esters is 1. The largest absolute Gasteiger partial charge is 0.493 e. The predicted molar refractivity (Wildman–Crippen MR) is 168 cm³/mol. The number of rotatable bonds is 8. The molecule has 0 fully saturated rings. The van der Waals surface area contributed by atoms with Crippen LogP contribution in [0.4, 0.5) is 0 Å². The summed E-state index contributed by atoms with van der Waals surface area (Å²) < 4.78 is 19.5. The number of benzene rings is 3. The number of hydrogen-bond acceptors (Lipinski definition) is 7. The van der Waals surface area contributed by atoms with Gasteiger partial charge in [0.05, 0.1) is 39.1 Å². The maximum atomic E-state index is 14.0. The van der Waals surface area contributed by atoms with Crippen LogP contribution in [0.2, 0.25) is 0 Å². The zero-order valence-corrected chi connectivity index (χ0v) is 25.3. The van der Waals surface area contributed by atoms with Crippen LogP contribution in [-0.4, -0.2) is 30.9 Å².